The van der Waals surface area contributed by atoms with Gasteiger partial charge in [-0.3, -0.25) is 4.79 Å². The maximum atomic E-state index is 11.8. The van der Waals surface area contributed by atoms with E-state index in [1.165, 1.54) is 0 Å². The summed E-state index contributed by atoms with van der Waals surface area (Å²) >= 11 is 3.34. The number of carbonyl (C=O) groups excluding carboxylic acids is 1. The third-order valence-corrected chi connectivity index (χ3v) is 3.49. The molecule has 15 heavy (non-hydrogen) atoms. The van der Waals surface area contributed by atoms with E-state index >= 15 is 0 Å². The van der Waals surface area contributed by atoms with Crippen molar-refractivity contribution in [2.45, 2.75) is 25.0 Å². The number of halogens is 1. The van der Waals surface area contributed by atoms with Crippen LogP contribution in [0.25, 0.3) is 0 Å². The van der Waals surface area contributed by atoms with Gasteiger partial charge >= 0.3 is 0 Å². The lowest BCUT2D eigenvalue weighted by Gasteiger charge is -2.45. The predicted octanol–water partition coefficient (Wildman–Crippen LogP) is 2.45. The van der Waals surface area contributed by atoms with Gasteiger partial charge in [0.1, 0.15) is 5.75 Å². The Balaban J connectivity index is 2.04. The van der Waals surface area contributed by atoms with Gasteiger partial charge in [-0.05, 0) is 24.6 Å². The molecular weight excluding hydrogens is 258 g/mol. The lowest BCUT2D eigenvalue weighted by Crippen LogP contribution is -2.60. The van der Waals surface area contributed by atoms with Gasteiger partial charge in [-0.15, -0.1) is 0 Å². The minimum atomic E-state index is -0.405. The number of fused-ring (bicyclic) bond motifs is 1. The number of ether oxygens (including phenoxy) is 1. The van der Waals surface area contributed by atoms with E-state index in [1.807, 2.05) is 12.1 Å². The largest absolute Gasteiger partial charge is 0.467 e. The highest BCUT2D eigenvalue weighted by Gasteiger charge is 2.44. The van der Waals surface area contributed by atoms with Crippen molar-refractivity contribution < 1.29 is 9.53 Å². The van der Waals surface area contributed by atoms with Gasteiger partial charge in [0, 0.05) is 17.3 Å². The number of rotatable bonds is 0. The third kappa shape index (κ3) is 1.35. The molecule has 4 heteroatoms. The maximum Gasteiger partial charge on any atom is 0.258 e. The standard InChI is InChI=1S/C11H10BrNO2/c12-7-2-3-9-8(6-7)10(14)13-11(15-9)4-1-5-11/h2-3,6H,1,4-5H2,(H,13,14). The van der Waals surface area contributed by atoms with Gasteiger partial charge in [0.05, 0.1) is 5.56 Å². The molecule has 3 nitrogen and oxygen atoms in total. The highest BCUT2D eigenvalue weighted by atomic mass is 79.9. The van der Waals surface area contributed by atoms with Crippen LogP contribution >= 0.6 is 15.9 Å². The number of hydrogen-bond acceptors (Lipinski definition) is 2. The Bertz CT molecular complexity index is 440. The molecule has 78 valence electrons. The van der Waals surface area contributed by atoms with Crippen LogP contribution < -0.4 is 10.1 Å². The first-order valence-electron chi connectivity index (χ1n) is 5.00. The fraction of sp³-hybridized carbons (Fsp3) is 0.364. The lowest BCUT2D eigenvalue weighted by atomic mass is 9.86. The van der Waals surface area contributed by atoms with Crippen molar-refractivity contribution in [2.75, 3.05) is 0 Å². The van der Waals surface area contributed by atoms with Gasteiger partial charge in [-0.1, -0.05) is 15.9 Å². The van der Waals surface area contributed by atoms with Crippen molar-refractivity contribution in [3.05, 3.63) is 28.2 Å². The van der Waals surface area contributed by atoms with Crippen LogP contribution in [0.3, 0.4) is 0 Å². The number of carbonyl (C=O) groups is 1. The molecule has 2 aliphatic rings. The zero-order chi connectivity index (χ0) is 10.5. The Morgan fingerprint density at radius 2 is 2.20 bits per heavy atom. The lowest BCUT2D eigenvalue weighted by molar-refractivity contribution is -0.0401. The average molecular weight is 268 g/mol. The first kappa shape index (κ1) is 9.21. The molecule has 0 aromatic heterocycles. The number of nitrogens with one attached hydrogen (secondary N) is 1. The van der Waals surface area contributed by atoms with Crippen LogP contribution in [0.15, 0.2) is 22.7 Å². The van der Waals surface area contributed by atoms with Crippen molar-refractivity contribution in [3.63, 3.8) is 0 Å². The van der Waals surface area contributed by atoms with Crippen LogP contribution in [0.5, 0.6) is 5.75 Å². The Kier molecular flexibility index (Phi) is 1.83. The van der Waals surface area contributed by atoms with Crippen LogP contribution in [-0.4, -0.2) is 11.6 Å². The molecule has 1 spiro atoms. The van der Waals surface area contributed by atoms with E-state index in [0.29, 0.717) is 11.3 Å². The fourth-order valence-corrected chi connectivity index (χ4v) is 2.36. The zero-order valence-corrected chi connectivity index (χ0v) is 9.63. The molecule has 0 bridgehead atoms. The van der Waals surface area contributed by atoms with Crippen LogP contribution in [0.2, 0.25) is 0 Å². The molecule has 1 aliphatic carbocycles. The van der Waals surface area contributed by atoms with E-state index < -0.39 is 5.72 Å². The zero-order valence-electron chi connectivity index (χ0n) is 8.05. The highest BCUT2D eigenvalue weighted by molar-refractivity contribution is 9.10. The van der Waals surface area contributed by atoms with Crippen molar-refractivity contribution in [3.8, 4) is 5.75 Å². The molecule has 1 aromatic rings. The van der Waals surface area contributed by atoms with Crippen molar-refractivity contribution in [1.82, 2.24) is 5.32 Å². The van der Waals surface area contributed by atoms with Crippen LogP contribution in [-0.2, 0) is 0 Å². The second-order valence-electron chi connectivity index (χ2n) is 4.04. The SMILES string of the molecule is O=C1NC2(CCC2)Oc2ccc(Br)cc21. The molecule has 1 saturated carbocycles. The van der Waals surface area contributed by atoms with Crippen LogP contribution in [0, 0.1) is 0 Å². The number of amides is 1. The van der Waals surface area contributed by atoms with Gasteiger partial charge < -0.3 is 10.1 Å². The van der Waals surface area contributed by atoms with Gasteiger partial charge in [-0.25, -0.2) is 0 Å². The van der Waals surface area contributed by atoms with Crippen molar-refractivity contribution in [2.24, 2.45) is 0 Å². The molecule has 0 radical (unpaired) electrons. The molecule has 1 aliphatic heterocycles. The van der Waals surface area contributed by atoms with Gasteiger partial charge in [-0.2, -0.15) is 0 Å². The Labute approximate surface area is 95.9 Å². The smallest absolute Gasteiger partial charge is 0.258 e. The topological polar surface area (TPSA) is 38.3 Å². The van der Waals surface area contributed by atoms with E-state index in [0.717, 1.165) is 23.7 Å². The van der Waals surface area contributed by atoms with Gasteiger partial charge in [0.15, 0.2) is 5.72 Å². The minimum absolute atomic E-state index is 0.0303. The summed E-state index contributed by atoms with van der Waals surface area (Å²) in [4.78, 5) is 11.8. The average Bonchev–Trinajstić information content (AvgIpc) is 2.16. The van der Waals surface area contributed by atoms with Crippen LogP contribution in [0.4, 0.5) is 0 Å². The molecule has 0 unspecified atom stereocenters. The molecule has 1 heterocycles. The summed E-state index contributed by atoms with van der Waals surface area (Å²) in [5.41, 5.74) is 0.208. The van der Waals surface area contributed by atoms with Crippen molar-refractivity contribution in [1.29, 1.82) is 0 Å². The molecule has 1 amide bonds. The normalized spacial score (nSPS) is 21.3. The molecule has 1 fully saturated rings. The first-order chi connectivity index (χ1) is 7.19. The van der Waals surface area contributed by atoms with E-state index in [9.17, 15) is 4.79 Å². The Morgan fingerprint density at radius 3 is 2.87 bits per heavy atom. The fourth-order valence-electron chi connectivity index (χ4n) is 2.00. The number of hydrogen-bond donors (Lipinski definition) is 1. The molecule has 3 rings (SSSR count). The van der Waals surface area contributed by atoms with Crippen molar-refractivity contribution >= 4 is 21.8 Å². The second-order valence-corrected chi connectivity index (χ2v) is 4.96. The molecule has 0 atom stereocenters. The highest BCUT2D eigenvalue weighted by Crippen LogP contribution is 2.39. The van der Waals surface area contributed by atoms with Crippen LogP contribution in [0.1, 0.15) is 29.6 Å². The summed E-state index contributed by atoms with van der Waals surface area (Å²) in [5.74, 6) is 0.666. The third-order valence-electron chi connectivity index (χ3n) is 2.99. The van der Waals surface area contributed by atoms with E-state index in [1.54, 1.807) is 6.07 Å². The quantitative estimate of drug-likeness (QED) is 0.784. The summed E-state index contributed by atoms with van der Waals surface area (Å²) in [6.07, 6.45) is 2.94. The molecule has 0 saturated heterocycles. The van der Waals surface area contributed by atoms with Gasteiger partial charge in [0.2, 0.25) is 0 Å². The molecule has 1 aromatic carbocycles. The van der Waals surface area contributed by atoms with E-state index in [2.05, 4.69) is 21.2 Å². The Morgan fingerprint density at radius 1 is 1.40 bits per heavy atom. The summed E-state index contributed by atoms with van der Waals surface area (Å²) < 4.78 is 6.72. The summed E-state index contributed by atoms with van der Waals surface area (Å²) in [6.45, 7) is 0. The monoisotopic (exact) mass is 267 g/mol. The predicted molar refractivity (Wildman–Crippen MR) is 58.8 cm³/mol. The summed E-state index contributed by atoms with van der Waals surface area (Å²) in [6, 6.07) is 5.53. The maximum absolute atomic E-state index is 11.8. The van der Waals surface area contributed by atoms with Gasteiger partial charge in [0.25, 0.3) is 5.91 Å². The summed E-state index contributed by atoms with van der Waals surface area (Å²) in [5, 5.41) is 2.93. The Hall–Kier alpha value is -1.03. The number of benzene rings is 1. The van der Waals surface area contributed by atoms with E-state index in [-0.39, 0.29) is 5.91 Å². The molecular formula is C11H10BrNO2. The first-order valence-corrected chi connectivity index (χ1v) is 5.79. The summed E-state index contributed by atoms with van der Waals surface area (Å²) in [7, 11) is 0. The molecule has 1 N–H and O–H groups in total. The minimum Gasteiger partial charge on any atom is -0.467 e. The second kappa shape index (κ2) is 2.98. The van der Waals surface area contributed by atoms with E-state index in [4.69, 9.17) is 4.74 Å².